The molecule has 1 unspecified atom stereocenters. The molecular formula is C36H70NO8P. The molecule has 0 saturated heterocycles. The van der Waals surface area contributed by atoms with Crippen LogP contribution in [0.25, 0.3) is 0 Å². The number of esters is 2. The Kier molecular flexibility index (Phi) is 32.7. The molecule has 0 amide bonds. The predicted molar refractivity (Wildman–Crippen MR) is 188 cm³/mol. The average Bonchev–Trinajstić information content (AvgIpc) is 3.04. The number of nitrogens with two attached hydrogens (primary N) is 1. The van der Waals surface area contributed by atoms with Gasteiger partial charge in [-0.2, -0.15) is 0 Å². The second kappa shape index (κ2) is 33.6. The minimum absolute atomic E-state index is 0.0540. The van der Waals surface area contributed by atoms with E-state index in [2.05, 4.69) is 26.0 Å². The van der Waals surface area contributed by atoms with Crippen LogP contribution in [-0.4, -0.2) is 49.3 Å². The van der Waals surface area contributed by atoms with Crippen LogP contribution in [0.4, 0.5) is 0 Å². The van der Waals surface area contributed by atoms with Crippen LogP contribution in [0.3, 0.4) is 0 Å². The number of hydrogen-bond donors (Lipinski definition) is 2. The fourth-order valence-corrected chi connectivity index (χ4v) is 5.86. The van der Waals surface area contributed by atoms with Gasteiger partial charge in [0, 0.05) is 19.4 Å². The SMILES string of the molecule is CCCCCCCC/C=C/CCCCCC(=O)OC[C@H](COP(=O)(O)OCCN)OC(=O)CCCCCCCCCCCCCC. The summed E-state index contributed by atoms with van der Waals surface area (Å²) in [5.74, 6) is -0.843. The molecule has 2 atom stereocenters. The summed E-state index contributed by atoms with van der Waals surface area (Å²) >= 11 is 0. The number of carbonyl (C=O) groups is 2. The molecule has 0 aromatic heterocycles. The summed E-state index contributed by atoms with van der Waals surface area (Å²) in [6.07, 6.45) is 31.0. The molecule has 0 fully saturated rings. The van der Waals surface area contributed by atoms with Crippen LogP contribution < -0.4 is 5.73 Å². The average molecular weight is 676 g/mol. The zero-order valence-corrected chi connectivity index (χ0v) is 30.5. The fraction of sp³-hybridized carbons (Fsp3) is 0.889. The number of unbranched alkanes of at least 4 members (excludes halogenated alkanes) is 20. The van der Waals surface area contributed by atoms with Gasteiger partial charge in [-0.3, -0.25) is 18.6 Å². The van der Waals surface area contributed by atoms with Gasteiger partial charge in [0.1, 0.15) is 6.61 Å². The van der Waals surface area contributed by atoms with Crippen molar-refractivity contribution in [3.05, 3.63) is 12.2 Å². The Labute approximate surface area is 281 Å². The molecule has 272 valence electrons. The first-order valence-electron chi connectivity index (χ1n) is 18.7. The maximum Gasteiger partial charge on any atom is 0.472 e. The van der Waals surface area contributed by atoms with Crippen LogP contribution >= 0.6 is 7.82 Å². The quantitative estimate of drug-likeness (QED) is 0.0291. The molecule has 0 aromatic carbocycles. The maximum absolute atomic E-state index is 12.5. The standard InChI is InChI=1S/C36H70NO8P/c1-3-5-7-9-11-13-15-17-19-20-22-24-26-28-35(38)42-32-34(33-44-46(40,41)43-31-30-37)45-36(39)29-27-25-23-21-18-16-14-12-10-8-6-4-2/h17,19,34H,3-16,18,20-33,37H2,1-2H3,(H,40,41)/b19-17+/t34-/m1/s1. The van der Waals surface area contributed by atoms with Crippen LogP contribution in [0.2, 0.25) is 0 Å². The van der Waals surface area contributed by atoms with Crippen molar-refractivity contribution >= 4 is 19.8 Å². The molecular weight excluding hydrogens is 605 g/mol. The number of rotatable bonds is 35. The van der Waals surface area contributed by atoms with Crippen LogP contribution in [0.5, 0.6) is 0 Å². The van der Waals surface area contributed by atoms with Crippen LogP contribution in [0, 0.1) is 0 Å². The Morgan fingerprint density at radius 3 is 1.57 bits per heavy atom. The van der Waals surface area contributed by atoms with Crippen molar-refractivity contribution in [1.82, 2.24) is 0 Å². The Hall–Kier alpha value is -1.25. The smallest absolute Gasteiger partial charge is 0.462 e. The van der Waals surface area contributed by atoms with E-state index in [9.17, 15) is 19.0 Å². The van der Waals surface area contributed by atoms with Crippen molar-refractivity contribution < 1.29 is 37.6 Å². The Bertz CT molecular complexity index is 779. The lowest BCUT2D eigenvalue weighted by Gasteiger charge is -2.19. The third-order valence-electron chi connectivity index (χ3n) is 7.90. The largest absolute Gasteiger partial charge is 0.472 e. The van der Waals surface area contributed by atoms with E-state index < -0.39 is 32.5 Å². The van der Waals surface area contributed by atoms with Gasteiger partial charge in [-0.15, -0.1) is 0 Å². The lowest BCUT2D eigenvalue weighted by molar-refractivity contribution is -0.161. The first kappa shape index (κ1) is 44.8. The molecule has 46 heavy (non-hydrogen) atoms. The highest BCUT2D eigenvalue weighted by Gasteiger charge is 2.25. The van der Waals surface area contributed by atoms with E-state index in [1.807, 2.05) is 0 Å². The summed E-state index contributed by atoms with van der Waals surface area (Å²) in [5, 5.41) is 0. The van der Waals surface area contributed by atoms with Gasteiger partial charge in [0.05, 0.1) is 13.2 Å². The number of ether oxygens (including phenoxy) is 2. The summed E-state index contributed by atoms with van der Waals surface area (Å²) in [6, 6.07) is 0. The summed E-state index contributed by atoms with van der Waals surface area (Å²) in [6.45, 7) is 3.70. The first-order valence-corrected chi connectivity index (χ1v) is 20.2. The van der Waals surface area contributed by atoms with Gasteiger partial charge in [-0.25, -0.2) is 4.57 Å². The number of allylic oxidation sites excluding steroid dienone is 2. The van der Waals surface area contributed by atoms with Crippen molar-refractivity contribution in [2.75, 3.05) is 26.4 Å². The topological polar surface area (TPSA) is 134 Å². The second-order valence-electron chi connectivity index (χ2n) is 12.4. The first-order chi connectivity index (χ1) is 22.3. The molecule has 9 nitrogen and oxygen atoms in total. The zero-order chi connectivity index (χ0) is 34.0. The Balaban J connectivity index is 4.25. The zero-order valence-electron chi connectivity index (χ0n) is 29.6. The number of phosphoric acid groups is 1. The monoisotopic (exact) mass is 675 g/mol. The lowest BCUT2D eigenvalue weighted by Crippen LogP contribution is -2.29. The normalized spacial score (nSPS) is 13.6. The molecule has 0 aliphatic rings. The molecule has 3 N–H and O–H groups in total. The maximum atomic E-state index is 12.5. The predicted octanol–water partition coefficient (Wildman–Crippen LogP) is 9.88. The minimum atomic E-state index is -4.36. The highest BCUT2D eigenvalue weighted by molar-refractivity contribution is 7.47. The number of carbonyl (C=O) groups excluding carboxylic acids is 2. The fourth-order valence-electron chi connectivity index (χ4n) is 5.10. The van der Waals surface area contributed by atoms with Gasteiger partial charge in [0.2, 0.25) is 0 Å². The molecule has 0 radical (unpaired) electrons. The third kappa shape index (κ3) is 32.7. The van der Waals surface area contributed by atoms with Crippen LogP contribution in [-0.2, 0) is 32.7 Å². The Morgan fingerprint density at radius 2 is 1.07 bits per heavy atom. The van der Waals surface area contributed by atoms with E-state index >= 15 is 0 Å². The number of phosphoric ester groups is 1. The summed E-state index contributed by atoms with van der Waals surface area (Å²) in [7, 11) is -4.36. The minimum Gasteiger partial charge on any atom is -0.462 e. The highest BCUT2D eigenvalue weighted by Crippen LogP contribution is 2.43. The van der Waals surface area contributed by atoms with Crippen molar-refractivity contribution in [3.63, 3.8) is 0 Å². The van der Waals surface area contributed by atoms with Crippen molar-refractivity contribution in [2.45, 2.75) is 180 Å². The van der Waals surface area contributed by atoms with Crippen molar-refractivity contribution in [1.29, 1.82) is 0 Å². The van der Waals surface area contributed by atoms with Gasteiger partial charge in [-0.05, 0) is 38.5 Å². The molecule has 0 spiro atoms. The van der Waals surface area contributed by atoms with Gasteiger partial charge in [-0.1, -0.05) is 135 Å². The number of hydrogen-bond acceptors (Lipinski definition) is 8. The molecule has 0 rings (SSSR count). The lowest BCUT2D eigenvalue weighted by atomic mass is 10.0. The van der Waals surface area contributed by atoms with E-state index in [1.54, 1.807) is 0 Å². The molecule has 0 aliphatic heterocycles. The summed E-state index contributed by atoms with van der Waals surface area (Å²) < 4.78 is 32.6. The highest BCUT2D eigenvalue weighted by atomic mass is 31.2. The van der Waals surface area contributed by atoms with Gasteiger partial charge < -0.3 is 20.1 Å². The van der Waals surface area contributed by atoms with E-state index in [0.717, 1.165) is 38.5 Å². The molecule has 0 saturated carbocycles. The van der Waals surface area contributed by atoms with E-state index in [4.69, 9.17) is 24.3 Å². The third-order valence-corrected chi connectivity index (χ3v) is 8.89. The van der Waals surface area contributed by atoms with Crippen molar-refractivity contribution in [3.8, 4) is 0 Å². The van der Waals surface area contributed by atoms with E-state index in [1.165, 1.54) is 96.3 Å². The summed E-state index contributed by atoms with van der Waals surface area (Å²) in [5.41, 5.74) is 5.32. The van der Waals surface area contributed by atoms with Gasteiger partial charge in [0.25, 0.3) is 0 Å². The molecule has 10 heteroatoms. The van der Waals surface area contributed by atoms with Gasteiger partial charge in [0.15, 0.2) is 6.10 Å². The second-order valence-corrected chi connectivity index (χ2v) is 13.9. The molecule has 0 aliphatic carbocycles. The van der Waals surface area contributed by atoms with E-state index in [-0.39, 0.29) is 32.6 Å². The van der Waals surface area contributed by atoms with E-state index in [0.29, 0.717) is 12.8 Å². The Morgan fingerprint density at radius 1 is 0.630 bits per heavy atom. The van der Waals surface area contributed by atoms with Crippen LogP contribution in [0.1, 0.15) is 174 Å². The van der Waals surface area contributed by atoms with Crippen molar-refractivity contribution in [2.24, 2.45) is 5.73 Å². The molecule has 0 aromatic rings. The molecule has 0 bridgehead atoms. The van der Waals surface area contributed by atoms with Crippen LogP contribution in [0.15, 0.2) is 12.2 Å². The molecule has 0 heterocycles. The summed E-state index contributed by atoms with van der Waals surface area (Å²) in [4.78, 5) is 34.6. The van der Waals surface area contributed by atoms with Gasteiger partial charge >= 0.3 is 19.8 Å².